The summed E-state index contributed by atoms with van der Waals surface area (Å²) in [5.74, 6) is 0. The van der Waals surface area contributed by atoms with Crippen molar-refractivity contribution in [2.45, 2.75) is 23.6 Å². The maximum absolute atomic E-state index is 2.27. The zero-order chi connectivity index (χ0) is 16.2. The highest BCUT2D eigenvalue weighted by molar-refractivity contribution is 7.99. The second kappa shape index (κ2) is 6.93. The third kappa shape index (κ3) is 3.59. The van der Waals surface area contributed by atoms with Gasteiger partial charge in [0.1, 0.15) is 0 Å². The van der Waals surface area contributed by atoms with Crippen molar-refractivity contribution in [2.75, 3.05) is 11.9 Å². The number of aryl methyl sites for hydroxylation is 2. The molecule has 0 aliphatic carbocycles. The van der Waals surface area contributed by atoms with Crippen LogP contribution in [-0.2, 0) is 0 Å². The van der Waals surface area contributed by atoms with Gasteiger partial charge in [-0.05, 0) is 49.7 Å². The second-order valence-electron chi connectivity index (χ2n) is 5.73. The summed E-state index contributed by atoms with van der Waals surface area (Å²) in [5.41, 5.74) is 5.04. The maximum Gasteiger partial charge on any atom is 0.0549 e. The summed E-state index contributed by atoms with van der Waals surface area (Å²) < 4.78 is 0. The average molecular weight is 319 g/mol. The fourth-order valence-corrected chi connectivity index (χ4v) is 3.61. The van der Waals surface area contributed by atoms with E-state index >= 15 is 0 Å². The lowest BCUT2D eigenvalue weighted by Crippen LogP contribution is -2.11. The van der Waals surface area contributed by atoms with Gasteiger partial charge in [0.15, 0.2) is 0 Å². The van der Waals surface area contributed by atoms with Gasteiger partial charge in [-0.3, -0.25) is 0 Å². The maximum atomic E-state index is 2.27. The first kappa shape index (κ1) is 15.7. The van der Waals surface area contributed by atoms with Gasteiger partial charge >= 0.3 is 0 Å². The predicted molar refractivity (Wildman–Crippen MR) is 101 cm³/mol. The van der Waals surface area contributed by atoms with Gasteiger partial charge < -0.3 is 4.90 Å². The van der Waals surface area contributed by atoms with E-state index in [-0.39, 0.29) is 0 Å². The van der Waals surface area contributed by atoms with E-state index < -0.39 is 0 Å². The Hall–Kier alpha value is -2.19. The summed E-state index contributed by atoms with van der Waals surface area (Å²) in [7, 11) is 2.14. The summed E-state index contributed by atoms with van der Waals surface area (Å²) >= 11 is 1.81. The molecular weight excluding hydrogens is 298 g/mol. The lowest BCUT2D eigenvalue weighted by Gasteiger charge is -2.24. The van der Waals surface area contributed by atoms with Gasteiger partial charge in [0.05, 0.1) is 5.69 Å². The molecule has 0 amide bonds. The van der Waals surface area contributed by atoms with Crippen molar-refractivity contribution in [1.29, 1.82) is 0 Å². The number of nitrogens with zero attached hydrogens (tertiary/aromatic N) is 1. The van der Waals surface area contributed by atoms with E-state index in [1.807, 2.05) is 11.8 Å². The fourth-order valence-electron chi connectivity index (χ4n) is 2.62. The van der Waals surface area contributed by atoms with Gasteiger partial charge in [0.25, 0.3) is 0 Å². The highest BCUT2D eigenvalue weighted by Gasteiger charge is 2.11. The third-order valence-electron chi connectivity index (χ3n) is 3.95. The SMILES string of the molecule is Cc1ccc(Sc2ccccc2N(C)c2ccccc2C)cc1. The molecule has 2 heteroatoms. The van der Waals surface area contributed by atoms with E-state index in [1.54, 1.807) is 0 Å². The van der Waals surface area contributed by atoms with Crippen molar-refractivity contribution < 1.29 is 0 Å². The molecule has 23 heavy (non-hydrogen) atoms. The molecule has 116 valence electrons. The Morgan fingerprint density at radius 1 is 0.696 bits per heavy atom. The first-order valence-electron chi connectivity index (χ1n) is 7.78. The van der Waals surface area contributed by atoms with E-state index in [0.29, 0.717) is 0 Å². The molecule has 0 aliphatic rings. The quantitative estimate of drug-likeness (QED) is 0.561. The Labute approximate surface area is 143 Å². The van der Waals surface area contributed by atoms with E-state index in [2.05, 4.69) is 98.6 Å². The topological polar surface area (TPSA) is 3.24 Å². The zero-order valence-corrected chi connectivity index (χ0v) is 14.6. The van der Waals surface area contributed by atoms with Gasteiger partial charge in [0.2, 0.25) is 0 Å². The van der Waals surface area contributed by atoms with Crippen molar-refractivity contribution in [3.05, 3.63) is 83.9 Å². The third-order valence-corrected chi connectivity index (χ3v) is 5.03. The summed E-state index contributed by atoms with van der Waals surface area (Å²) in [5, 5.41) is 0. The Morgan fingerprint density at radius 3 is 2.00 bits per heavy atom. The van der Waals surface area contributed by atoms with Crippen molar-refractivity contribution in [3.63, 3.8) is 0 Å². The van der Waals surface area contributed by atoms with Crippen molar-refractivity contribution >= 4 is 23.1 Å². The Balaban J connectivity index is 1.94. The minimum Gasteiger partial charge on any atom is -0.343 e. The van der Waals surface area contributed by atoms with Gasteiger partial charge in [-0.2, -0.15) is 0 Å². The molecular formula is C21H21NS. The lowest BCUT2D eigenvalue weighted by molar-refractivity contribution is 1.15. The largest absolute Gasteiger partial charge is 0.343 e. The summed E-state index contributed by atoms with van der Waals surface area (Å²) in [6, 6.07) is 25.8. The zero-order valence-electron chi connectivity index (χ0n) is 13.8. The molecule has 0 bridgehead atoms. The molecule has 0 N–H and O–H groups in total. The van der Waals surface area contributed by atoms with Crippen molar-refractivity contribution in [2.24, 2.45) is 0 Å². The molecule has 0 fully saturated rings. The van der Waals surface area contributed by atoms with Gasteiger partial charge in [-0.1, -0.05) is 59.8 Å². The van der Waals surface area contributed by atoms with E-state index in [0.717, 1.165) is 0 Å². The Kier molecular flexibility index (Phi) is 4.73. The first-order valence-corrected chi connectivity index (χ1v) is 8.60. The molecule has 1 nitrogen and oxygen atoms in total. The van der Waals surface area contributed by atoms with Crippen LogP contribution in [0, 0.1) is 13.8 Å². The molecule has 3 rings (SSSR count). The molecule has 0 radical (unpaired) electrons. The van der Waals surface area contributed by atoms with Crippen LogP contribution in [0.4, 0.5) is 11.4 Å². The smallest absolute Gasteiger partial charge is 0.0549 e. The van der Waals surface area contributed by atoms with Crippen LogP contribution in [0.3, 0.4) is 0 Å². The van der Waals surface area contributed by atoms with E-state index in [4.69, 9.17) is 0 Å². The molecule has 0 heterocycles. The number of anilines is 2. The number of para-hydroxylation sites is 2. The van der Waals surface area contributed by atoms with Crippen LogP contribution in [0.15, 0.2) is 82.6 Å². The van der Waals surface area contributed by atoms with E-state index in [9.17, 15) is 0 Å². The van der Waals surface area contributed by atoms with Crippen LogP contribution in [0.25, 0.3) is 0 Å². The normalized spacial score (nSPS) is 10.6. The highest BCUT2D eigenvalue weighted by Crippen LogP contribution is 2.38. The molecule has 0 saturated heterocycles. The van der Waals surface area contributed by atoms with Gasteiger partial charge in [-0.15, -0.1) is 0 Å². The second-order valence-corrected chi connectivity index (χ2v) is 6.84. The van der Waals surface area contributed by atoms with Crippen molar-refractivity contribution in [3.8, 4) is 0 Å². The number of hydrogen-bond acceptors (Lipinski definition) is 2. The first-order chi connectivity index (χ1) is 11.1. The minimum atomic E-state index is 1.23. The highest BCUT2D eigenvalue weighted by atomic mass is 32.2. The van der Waals surface area contributed by atoms with Gasteiger partial charge in [0, 0.05) is 22.5 Å². The molecule has 3 aromatic rings. The van der Waals surface area contributed by atoms with Gasteiger partial charge in [-0.25, -0.2) is 0 Å². The summed E-state index contributed by atoms with van der Waals surface area (Å²) in [4.78, 5) is 4.80. The van der Waals surface area contributed by atoms with Crippen LogP contribution in [0.5, 0.6) is 0 Å². The number of benzene rings is 3. The molecule has 0 unspecified atom stereocenters. The summed E-state index contributed by atoms with van der Waals surface area (Å²) in [6.07, 6.45) is 0. The standard InChI is InChI=1S/C21H21NS/c1-16-12-14-18(15-13-16)23-21-11-7-6-10-20(21)22(3)19-9-5-4-8-17(19)2/h4-15H,1-3H3. The van der Waals surface area contributed by atoms with Crippen LogP contribution < -0.4 is 4.90 Å². The van der Waals surface area contributed by atoms with Crippen LogP contribution >= 0.6 is 11.8 Å². The molecule has 0 aliphatic heterocycles. The molecule has 0 saturated carbocycles. The minimum absolute atomic E-state index is 1.23. The Bertz CT molecular complexity index is 793. The molecule has 0 spiro atoms. The molecule has 0 aromatic heterocycles. The van der Waals surface area contributed by atoms with Crippen molar-refractivity contribution in [1.82, 2.24) is 0 Å². The van der Waals surface area contributed by atoms with Crippen LogP contribution in [0.2, 0.25) is 0 Å². The average Bonchev–Trinajstić information content (AvgIpc) is 2.57. The number of hydrogen-bond donors (Lipinski definition) is 0. The lowest BCUT2D eigenvalue weighted by atomic mass is 10.1. The summed E-state index contributed by atoms with van der Waals surface area (Å²) in [6.45, 7) is 4.27. The van der Waals surface area contributed by atoms with Crippen LogP contribution in [0.1, 0.15) is 11.1 Å². The van der Waals surface area contributed by atoms with E-state index in [1.165, 1.54) is 32.3 Å². The van der Waals surface area contributed by atoms with Crippen LogP contribution in [-0.4, -0.2) is 7.05 Å². The Morgan fingerprint density at radius 2 is 1.30 bits per heavy atom. The fraction of sp³-hybridized carbons (Fsp3) is 0.143. The monoisotopic (exact) mass is 319 g/mol. The number of rotatable bonds is 4. The molecule has 3 aromatic carbocycles. The predicted octanol–water partition coefficient (Wildman–Crippen LogP) is 6.22. The molecule has 0 atom stereocenters.